The number of allylic oxidation sites excluding steroid dienone is 3. The number of hydrogen-bond acceptors (Lipinski definition) is 3. The van der Waals surface area contributed by atoms with Gasteiger partial charge in [0.2, 0.25) is 0 Å². The molecular weight excluding hydrogens is 228 g/mol. The lowest BCUT2D eigenvalue weighted by molar-refractivity contribution is -0.143. The van der Waals surface area contributed by atoms with Gasteiger partial charge in [-0.1, -0.05) is 24.3 Å². The van der Waals surface area contributed by atoms with E-state index in [2.05, 4.69) is 18.2 Å². The van der Waals surface area contributed by atoms with Gasteiger partial charge in [0.15, 0.2) is 0 Å². The molecule has 0 fully saturated rings. The van der Waals surface area contributed by atoms with E-state index in [0.29, 0.717) is 32.3 Å². The Morgan fingerprint density at radius 2 is 1.56 bits per heavy atom. The maximum absolute atomic E-state index is 11.5. The van der Waals surface area contributed by atoms with Crippen molar-refractivity contribution in [2.45, 2.75) is 51.4 Å². The molecule has 18 heavy (non-hydrogen) atoms. The van der Waals surface area contributed by atoms with E-state index in [1.807, 2.05) is 6.08 Å². The molecule has 1 aliphatic heterocycles. The lowest BCUT2D eigenvalue weighted by Gasteiger charge is -2.03. The molecule has 0 spiro atoms. The maximum Gasteiger partial charge on any atom is 0.305 e. The Balaban J connectivity index is 2.36. The molecule has 1 rings (SSSR count). The first-order chi connectivity index (χ1) is 8.79. The van der Waals surface area contributed by atoms with Crippen molar-refractivity contribution >= 4 is 11.8 Å². The van der Waals surface area contributed by atoms with Crippen LogP contribution in [0.2, 0.25) is 0 Å². The molecule has 1 heterocycles. The third-order valence-corrected chi connectivity index (χ3v) is 2.82. The number of hydrogen-bond donors (Lipinski definition) is 0. The summed E-state index contributed by atoms with van der Waals surface area (Å²) in [7, 11) is 0. The minimum absolute atomic E-state index is 0.191. The zero-order valence-electron chi connectivity index (χ0n) is 10.9. The van der Waals surface area contributed by atoms with E-state index in [0.717, 1.165) is 25.7 Å². The molecule has 0 radical (unpaired) electrons. The Morgan fingerprint density at radius 3 is 2.39 bits per heavy atom. The fourth-order valence-corrected chi connectivity index (χ4v) is 1.79. The average molecular weight is 250 g/mol. The van der Waals surface area contributed by atoms with Crippen LogP contribution in [0.3, 0.4) is 0 Å². The molecule has 0 aromatic heterocycles. The molecule has 0 unspecified atom stereocenters. The van der Waals surface area contributed by atoms with Crippen LogP contribution in [0.15, 0.2) is 24.3 Å². The number of Topliss-reactive ketones (excluding diaryl/α,β-unsaturated/α-hetero) is 1. The summed E-state index contributed by atoms with van der Waals surface area (Å²) in [5.41, 5.74) is 0. The molecule has 3 heteroatoms. The average Bonchev–Trinajstić information content (AvgIpc) is 2.34. The molecule has 0 aromatic carbocycles. The SMILES string of the molecule is O=C1CCC/C=C\C/C=C\CCOC(=O)CCC1. The summed E-state index contributed by atoms with van der Waals surface area (Å²) in [6.45, 7) is 0.437. The Bertz CT molecular complexity index is 286. The number of carbonyl (C=O) groups excluding carboxylic acids is 2. The van der Waals surface area contributed by atoms with Crippen molar-refractivity contribution in [2.24, 2.45) is 0 Å². The fourth-order valence-electron chi connectivity index (χ4n) is 1.79. The van der Waals surface area contributed by atoms with Crippen LogP contribution in [-0.2, 0) is 14.3 Å². The largest absolute Gasteiger partial charge is 0.465 e. The van der Waals surface area contributed by atoms with Crippen LogP contribution >= 0.6 is 0 Å². The normalized spacial score (nSPS) is 24.2. The Kier molecular flexibility index (Phi) is 7.85. The third kappa shape index (κ3) is 7.82. The second kappa shape index (κ2) is 9.63. The minimum atomic E-state index is -0.191. The number of carbonyl (C=O) groups is 2. The Labute approximate surface area is 109 Å². The van der Waals surface area contributed by atoms with Crippen LogP contribution in [0.4, 0.5) is 0 Å². The highest BCUT2D eigenvalue weighted by molar-refractivity contribution is 5.79. The van der Waals surface area contributed by atoms with Crippen molar-refractivity contribution in [1.29, 1.82) is 0 Å². The number of ether oxygens (including phenoxy) is 1. The summed E-state index contributed by atoms with van der Waals surface area (Å²) in [4.78, 5) is 22.8. The van der Waals surface area contributed by atoms with Crippen LogP contribution in [0.5, 0.6) is 0 Å². The van der Waals surface area contributed by atoms with Gasteiger partial charge in [0.1, 0.15) is 5.78 Å². The molecule has 100 valence electrons. The highest BCUT2D eigenvalue weighted by Crippen LogP contribution is 2.06. The lowest BCUT2D eigenvalue weighted by Crippen LogP contribution is -2.06. The summed E-state index contributed by atoms with van der Waals surface area (Å²) in [5.74, 6) is 0.0615. The predicted molar refractivity (Wildman–Crippen MR) is 71.2 cm³/mol. The minimum Gasteiger partial charge on any atom is -0.465 e. The summed E-state index contributed by atoms with van der Waals surface area (Å²) in [6, 6.07) is 0. The van der Waals surface area contributed by atoms with Crippen molar-refractivity contribution < 1.29 is 14.3 Å². The van der Waals surface area contributed by atoms with Crippen LogP contribution in [0.1, 0.15) is 51.4 Å². The second-order valence-electron chi connectivity index (χ2n) is 4.47. The molecule has 0 saturated carbocycles. The number of esters is 1. The molecule has 0 amide bonds. The summed E-state index contributed by atoms with van der Waals surface area (Å²) in [5, 5.41) is 0. The lowest BCUT2D eigenvalue weighted by atomic mass is 10.1. The molecule has 1 aliphatic rings. The zero-order valence-corrected chi connectivity index (χ0v) is 10.9. The van der Waals surface area contributed by atoms with Gasteiger partial charge in [-0.2, -0.15) is 0 Å². The van der Waals surface area contributed by atoms with Crippen molar-refractivity contribution in [3.8, 4) is 0 Å². The second-order valence-corrected chi connectivity index (χ2v) is 4.47. The van der Waals surface area contributed by atoms with Crippen LogP contribution < -0.4 is 0 Å². The molecule has 3 nitrogen and oxygen atoms in total. The molecule has 0 N–H and O–H groups in total. The van der Waals surface area contributed by atoms with Gasteiger partial charge in [-0.3, -0.25) is 9.59 Å². The van der Waals surface area contributed by atoms with Crippen molar-refractivity contribution in [2.75, 3.05) is 6.61 Å². The first-order valence-corrected chi connectivity index (χ1v) is 6.76. The molecule has 0 aliphatic carbocycles. The van der Waals surface area contributed by atoms with Gasteiger partial charge < -0.3 is 4.74 Å². The van der Waals surface area contributed by atoms with Gasteiger partial charge in [0, 0.05) is 19.3 Å². The fraction of sp³-hybridized carbons (Fsp3) is 0.600. The van der Waals surface area contributed by atoms with Gasteiger partial charge in [-0.15, -0.1) is 0 Å². The van der Waals surface area contributed by atoms with Gasteiger partial charge in [-0.05, 0) is 32.1 Å². The first kappa shape index (κ1) is 14.7. The summed E-state index contributed by atoms with van der Waals surface area (Å²) >= 11 is 0. The summed E-state index contributed by atoms with van der Waals surface area (Å²) in [6.07, 6.45) is 14.0. The Hall–Kier alpha value is -1.38. The maximum atomic E-state index is 11.5. The van der Waals surface area contributed by atoms with Crippen molar-refractivity contribution in [3.63, 3.8) is 0 Å². The molecule has 0 atom stereocenters. The molecular formula is C15H22O3. The number of ketones is 1. The standard InChI is InChI=1S/C15H22O3/c16-14-10-7-5-3-1-2-4-6-8-13-18-15(17)12-9-11-14/h1,3-4,6H,2,5,7-13H2/b3-1-,6-4-. The van der Waals surface area contributed by atoms with E-state index >= 15 is 0 Å². The van der Waals surface area contributed by atoms with Gasteiger partial charge in [0.25, 0.3) is 0 Å². The van der Waals surface area contributed by atoms with E-state index in [-0.39, 0.29) is 11.8 Å². The van der Waals surface area contributed by atoms with E-state index < -0.39 is 0 Å². The molecule has 0 saturated heterocycles. The van der Waals surface area contributed by atoms with E-state index in [1.54, 1.807) is 0 Å². The summed E-state index contributed by atoms with van der Waals surface area (Å²) < 4.78 is 5.06. The highest BCUT2D eigenvalue weighted by Gasteiger charge is 2.06. The number of rotatable bonds is 0. The molecule has 0 bridgehead atoms. The quantitative estimate of drug-likeness (QED) is 0.489. The number of cyclic esters (lactones) is 1. The zero-order chi connectivity index (χ0) is 13.1. The van der Waals surface area contributed by atoms with E-state index in [4.69, 9.17) is 4.74 Å². The predicted octanol–water partition coefficient (Wildman–Crippen LogP) is 3.35. The Morgan fingerprint density at radius 1 is 0.833 bits per heavy atom. The van der Waals surface area contributed by atoms with Crippen molar-refractivity contribution in [1.82, 2.24) is 0 Å². The van der Waals surface area contributed by atoms with Gasteiger partial charge in [-0.25, -0.2) is 0 Å². The van der Waals surface area contributed by atoms with E-state index in [1.165, 1.54) is 0 Å². The van der Waals surface area contributed by atoms with Gasteiger partial charge in [0.05, 0.1) is 6.61 Å². The van der Waals surface area contributed by atoms with E-state index in [9.17, 15) is 9.59 Å². The monoisotopic (exact) mass is 250 g/mol. The third-order valence-electron chi connectivity index (χ3n) is 2.82. The van der Waals surface area contributed by atoms with Crippen LogP contribution in [0, 0.1) is 0 Å². The first-order valence-electron chi connectivity index (χ1n) is 6.76. The molecule has 0 aromatic rings. The highest BCUT2D eigenvalue weighted by atomic mass is 16.5. The van der Waals surface area contributed by atoms with Crippen molar-refractivity contribution in [3.05, 3.63) is 24.3 Å². The van der Waals surface area contributed by atoms with Crippen LogP contribution in [-0.4, -0.2) is 18.4 Å². The van der Waals surface area contributed by atoms with Crippen LogP contribution in [0.25, 0.3) is 0 Å². The smallest absolute Gasteiger partial charge is 0.305 e. The topological polar surface area (TPSA) is 43.4 Å². The van der Waals surface area contributed by atoms with Gasteiger partial charge >= 0.3 is 5.97 Å².